The molecule has 7 heteroatoms. The number of nitrogen functional groups attached to an aromatic ring is 1. The van der Waals surface area contributed by atoms with Crippen LogP contribution in [-0.4, -0.2) is 4.98 Å². The van der Waals surface area contributed by atoms with Crippen molar-refractivity contribution in [3.8, 4) is 11.6 Å². The molecule has 0 aliphatic rings. The van der Waals surface area contributed by atoms with E-state index < -0.39 is 11.7 Å². The number of hydrogen-bond donors (Lipinski definition) is 1. The van der Waals surface area contributed by atoms with Crippen molar-refractivity contribution in [2.45, 2.75) is 13.1 Å². The molecule has 0 fully saturated rings. The van der Waals surface area contributed by atoms with E-state index in [4.69, 9.17) is 10.5 Å². The molecule has 0 spiro atoms. The number of halogens is 4. The molecule has 0 aliphatic carbocycles. The first-order valence-corrected chi connectivity index (χ1v) is 6.34. The van der Waals surface area contributed by atoms with E-state index in [1.165, 1.54) is 12.3 Å². The first-order chi connectivity index (χ1) is 9.29. The van der Waals surface area contributed by atoms with E-state index in [9.17, 15) is 13.2 Å². The summed E-state index contributed by atoms with van der Waals surface area (Å²) in [5.74, 6) is 0.369. The smallest absolute Gasteiger partial charge is 0.416 e. The summed E-state index contributed by atoms with van der Waals surface area (Å²) in [4.78, 5) is 4.00. The van der Waals surface area contributed by atoms with Crippen molar-refractivity contribution in [3.63, 3.8) is 0 Å². The minimum Gasteiger partial charge on any atom is -0.436 e. The number of aryl methyl sites for hydroxylation is 1. The van der Waals surface area contributed by atoms with Crippen molar-refractivity contribution in [2.75, 3.05) is 5.73 Å². The van der Waals surface area contributed by atoms with Gasteiger partial charge in [0.25, 0.3) is 0 Å². The van der Waals surface area contributed by atoms with Gasteiger partial charge in [-0.3, -0.25) is 0 Å². The van der Waals surface area contributed by atoms with E-state index >= 15 is 0 Å². The Bertz CT molecular complexity index is 644. The van der Waals surface area contributed by atoms with Gasteiger partial charge in [-0.25, -0.2) is 4.98 Å². The van der Waals surface area contributed by atoms with Crippen LogP contribution in [0, 0.1) is 6.92 Å². The van der Waals surface area contributed by atoms with E-state index in [1.54, 1.807) is 6.07 Å². The molecule has 0 unspecified atom stereocenters. The second-order valence-electron chi connectivity index (χ2n) is 4.10. The number of nitrogens with zero attached hydrogens (tertiary/aromatic N) is 1. The molecular formula is C13H10BrF3N2O. The van der Waals surface area contributed by atoms with Crippen LogP contribution in [0.2, 0.25) is 0 Å². The van der Waals surface area contributed by atoms with Crippen LogP contribution in [0.4, 0.5) is 18.9 Å². The summed E-state index contributed by atoms with van der Waals surface area (Å²) in [5, 5.41) is 0. The Morgan fingerprint density at radius 2 is 1.95 bits per heavy atom. The Hall–Kier alpha value is -1.76. The molecule has 0 amide bonds. The fourth-order valence-corrected chi connectivity index (χ4v) is 1.82. The molecule has 2 aromatic rings. The Kier molecular flexibility index (Phi) is 3.89. The van der Waals surface area contributed by atoms with Crippen LogP contribution in [0.3, 0.4) is 0 Å². The first kappa shape index (κ1) is 14.6. The predicted molar refractivity (Wildman–Crippen MR) is 72.6 cm³/mol. The van der Waals surface area contributed by atoms with E-state index in [0.717, 1.165) is 17.7 Å². The highest BCUT2D eigenvalue weighted by Crippen LogP contribution is 2.36. The fourth-order valence-electron chi connectivity index (χ4n) is 1.51. The standard InChI is InChI=1S/C13H10BrF3N2O/c1-7-4-5-19-12(11(7)14)20-10-3-2-8(6-9(10)18)13(15,16)17/h2-6H,18H2,1H3. The zero-order valence-electron chi connectivity index (χ0n) is 10.3. The van der Waals surface area contributed by atoms with Crippen LogP contribution in [0.1, 0.15) is 11.1 Å². The molecule has 1 heterocycles. The molecule has 1 aromatic heterocycles. The van der Waals surface area contributed by atoms with Gasteiger partial charge in [0, 0.05) is 6.20 Å². The van der Waals surface area contributed by atoms with Crippen LogP contribution in [0.15, 0.2) is 34.9 Å². The Morgan fingerprint density at radius 1 is 1.25 bits per heavy atom. The third kappa shape index (κ3) is 3.04. The van der Waals surface area contributed by atoms with E-state index in [1.807, 2.05) is 6.92 Å². The maximum Gasteiger partial charge on any atom is 0.416 e. The molecule has 0 saturated heterocycles. The van der Waals surface area contributed by atoms with Crippen LogP contribution in [0.25, 0.3) is 0 Å². The third-order valence-electron chi connectivity index (χ3n) is 2.59. The average molecular weight is 347 g/mol. The van der Waals surface area contributed by atoms with Crippen LogP contribution in [0.5, 0.6) is 11.6 Å². The molecule has 2 N–H and O–H groups in total. The van der Waals surface area contributed by atoms with Gasteiger partial charge in [-0.05, 0) is 52.7 Å². The molecule has 0 bridgehead atoms. The van der Waals surface area contributed by atoms with Crippen molar-refractivity contribution < 1.29 is 17.9 Å². The predicted octanol–water partition coefficient (Wildman–Crippen LogP) is 4.55. The molecule has 20 heavy (non-hydrogen) atoms. The molecule has 3 nitrogen and oxygen atoms in total. The van der Waals surface area contributed by atoms with Crippen LogP contribution >= 0.6 is 15.9 Å². The van der Waals surface area contributed by atoms with Gasteiger partial charge in [0.1, 0.15) is 0 Å². The van der Waals surface area contributed by atoms with Gasteiger partial charge >= 0.3 is 6.18 Å². The second-order valence-corrected chi connectivity index (χ2v) is 4.89. The molecule has 1 aromatic carbocycles. The summed E-state index contributed by atoms with van der Waals surface area (Å²) >= 11 is 3.30. The van der Waals surface area contributed by atoms with Gasteiger partial charge in [-0.1, -0.05) is 0 Å². The number of hydrogen-bond acceptors (Lipinski definition) is 3. The molecular weight excluding hydrogens is 337 g/mol. The number of anilines is 1. The Morgan fingerprint density at radius 3 is 2.55 bits per heavy atom. The Balaban J connectivity index is 2.33. The highest BCUT2D eigenvalue weighted by Gasteiger charge is 2.31. The van der Waals surface area contributed by atoms with Crippen LogP contribution in [-0.2, 0) is 6.18 Å². The summed E-state index contributed by atoms with van der Waals surface area (Å²) in [7, 11) is 0. The largest absolute Gasteiger partial charge is 0.436 e. The lowest BCUT2D eigenvalue weighted by molar-refractivity contribution is -0.137. The lowest BCUT2D eigenvalue weighted by Gasteiger charge is -2.12. The molecule has 0 aliphatic heterocycles. The highest BCUT2D eigenvalue weighted by atomic mass is 79.9. The van der Waals surface area contributed by atoms with E-state index in [-0.39, 0.29) is 17.3 Å². The lowest BCUT2D eigenvalue weighted by Crippen LogP contribution is -2.06. The fraction of sp³-hybridized carbons (Fsp3) is 0.154. The zero-order chi connectivity index (χ0) is 14.9. The normalized spacial score (nSPS) is 11.4. The molecule has 0 atom stereocenters. The van der Waals surface area contributed by atoms with Gasteiger partial charge in [0.05, 0.1) is 15.7 Å². The molecule has 2 rings (SSSR count). The highest BCUT2D eigenvalue weighted by molar-refractivity contribution is 9.10. The summed E-state index contributed by atoms with van der Waals surface area (Å²) < 4.78 is 43.6. The SMILES string of the molecule is Cc1ccnc(Oc2ccc(C(F)(F)F)cc2N)c1Br. The number of pyridine rings is 1. The van der Waals surface area contributed by atoms with Crippen molar-refractivity contribution in [1.29, 1.82) is 0 Å². The minimum atomic E-state index is -4.44. The summed E-state index contributed by atoms with van der Waals surface area (Å²) in [5.41, 5.74) is 5.55. The minimum absolute atomic E-state index is 0.102. The van der Waals surface area contributed by atoms with E-state index in [2.05, 4.69) is 20.9 Å². The summed E-state index contributed by atoms with van der Waals surface area (Å²) in [6.07, 6.45) is -2.90. The van der Waals surface area contributed by atoms with Gasteiger partial charge in [-0.2, -0.15) is 13.2 Å². The van der Waals surface area contributed by atoms with E-state index in [0.29, 0.717) is 4.47 Å². The summed E-state index contributed by atoms with van der Waals surface area (Å²) in [6.45, 7) is 1.84. The number of rotatable bonds is 2. The number of nitrogens with two attached hydrogens (primary N) is 1. The first-order valence-electron chi connectivity index (χ1n) is 5.54. The maximum absolute atomic E-state index is 12.5. The number of ether oxygens (including phenoxy) is 1. The van der Waals surface area contributed by atoms with Crippen molar-refractivity contribution in [2.24, 2.45) is 0 Å². The van der Waals surface area contributed by atoms with Crippen LogP contribution < -0.4 is 10.5 Å². The number of aromatic nitrogens is 1. The average Bonchev–Trinajstić information content (AvgIpc) is 2.36. The lowest BCUT2D eigenvalue weighted by atomic mass is 10.2. The molecule has 106 valence electrons. The quantitative estimate of drug-likeness (QED) is 0.811. The monoisotopic (exact) mass is 346 g/mol. The zero-order valence-corrected chi connectivity index (χ0v) is 11.9. The second kappa shape index (κ2) is 5.32. The van der Waals surface area contributed by atoms with Crippen molar-refractivity contribution in [1.82, 2.24) is 4.98 Å². The third-order valence-corrected chi connectivity index (χ3v) is 3.56. The van der Waals surface area contributed by atoms with Crippen molar-refractivity contribution in [3.05, 3.63) is 46.1 Å². The molecule has 0 saturated carbocycles. The molecule has 0 radical (unpaired) electrons. The van der Waals surface area contributed by atoms with Crippen molar-refractivity contribution >= 4 is 21.6 Å². The van der Waals surface area contributed by atoms with Gasteiger partial charge in [0.15, 0.2) is 5.75 Å². The summed E-state index contributed by atoms with van der Waals surface area (Å²) in [6, 6.07) is 4.69. The maximum atomic E-state index is 12.5. The number of alkyl halides is 3. The van der Waals surface area contributed by atoms with Gasteiger partial charge in [0.2, 0.25) is 5.88 Å². The topological polar surface area (TPSA) is 48.1 Å². The Labute approximate surface area is 121 Å². The number of benzene rings is 1. The van der Waals surface area contributed by atoms with Gasteiger partial charge in [-0.15, -0.1) is 0 Å². The van der Waals surface area contributed by atoms with Gasteiger partial charge < -0.3 is 10.5 Å².